The Labute approximate surface area is 143 Å². The number of fused-ring (bicyclic) bond motifs is 1. The summed E-state index contributed by atoms with van der Waals surface area (Å²) in [7, 11) is 0. The highest BCUT2D eigenvalue weighted by Gasteiger charge is 2.26. The van der Waals surface area contributed by atoms with Crippen molar-refractivity contribution in [1.29, 1.82) is 0 Å². The molecule has 2 heterocycles. The Kier molecular flexibility index (Phi) is 3.82. The summed E-state index contributed by atoms with van der Waals surface area (Å²) in [6.45, 7) is 1.75. The quantitative estimate of drug-likeness (QED) is 0.925. The molecule has 0 bridgehead atoms. The zero-order valence-corrected chi connectivity index (χ0v) is 13.5. The van der Waals surface area contributed by atoms with Gasteiger partial charge in [-0.1, -0.05) is 23.9 Å². The van der Waals surface area contributed by atoms with Gasteiger partial charge in [0.2, 0.25) is 0 Å². The molecule has 4 rings (SSSR count). The van der Waals surface area contributed by atoms with E-state index in [4.69, 9.17) is 0 Å². The van der Waals surface area contributed by atoms with E-state index in [9.17, 15) is 9.18 Å². The normalized spacial score (nSPS) is 15.8. The van der Waals surface area contributed by atoms with E-state index in [2.05, 4.69) is 20.6 Å². The number of rotatable bonds is 3. The molecule has 1 N–H and O–H groups in total. The van der Waals surface area contributed by atoms with Crippen LogP contribution in [0.25, 0.3) is 5.70 Å². The Morgan fingerprint density at radius 1 is 1.12 bits per heavy atom. The summed E-state index contributed by atoms with van der Waals surface area (Å²) >= 11 is 1.64. The largest absolute Gasteiger partial charge is 0.322 e. The predicted octanol–water partition coefficient (Wildman–Crippen LogP) is 3.79. The molecule has 0 unspecified atom stereocenters. The van der Waals surface area contributed by atoms with Crippen molar-refractivity contribution in [3.63, 3.8) is 0 Å². The first kappa shape index (κ1) is 15.0. The van der Waals surface area contributed by atoms with Crippen molar-refractivity contribution in [1.82, 2.24) is 4.90 Å². The zero-order chi connectivity index (χ0) is 16.5. The molecule has 0 aliphatic carbocycles. The van der Waals surface area contributed by atoms with Gasteiger partial charge >= 0.3 is 0 Å². The van der Waals surface area contributed by atoms with E-state index < -0.39 is 0 Å². The van der Waals surface area contributed by atoms with Crippen molar-refractivity contribution < 1.29 is 9.18 Å². The highest BCUT2D eigenvalue weighted by Crippen LogP contribution is 2.35. The van der Waals surface area contributed by atoms with E-state index in [0.717, 1.165) is 29.5 Å². The van der Waals surface area contributed by atoms with Gasteiger partial charge in [0.05, 0.1) is 12.2 Å². The second kappa shape index (κ2) is 6.13. The van der Waals surface area contributed by atoms with Crippen molar-refractivity contribution in [2.45, 2.75) is 0 Å². The number of amidine groups is 1. The number of carbonyl (C=O) groups excluding carboxylic acids is 1. The lowest BCUT2D eigenvalue weighted by Gasteiger charge is -2.16. The van der Waals surface area contributed by atoms with Crippen molar-refractivity contribution in [3.05, 3.63) is 70.9 Å². The minimum absolute atomic E-state index is 0.257. The third-order valence-electron chi connectivity index (χ3n) is 3.91. The number of hydrogen-bond acceptors (Lipinski definition) is 4. The van der Waals surface area contributed by atoms with E-state index in [1.54, 1.807) is 11.8 Å². The number of carbonyl (C=O) groups is 1. The van der Waals surface area contributed by atoms with Gasteiger partial charge < -0.3 is 10.2 Å². The first-order chi connectivity index (χ1) is 11.7. The maximum absolute atomic E-state index is 12.9. The maximum Gasteiger partial charge on any atom is 0.255 e. The highest BCUT2D eigenvalue weighted by atomic mass is 32.2. The van der Waals surface area contributed by atoms with Crippen LogP contribution in [0.15, 0.2) is 58.9 Å². The van der Waals surface area contributed by atoms with Gasteiger partial charge in [-0.3, -0.25) is 9.79 Å². The lowest BCUT2D eigenvalue weighted by molar-refractivity contribution is 0.102. The fraction of sp³-hybridized carbons (Fsp3) is 0.111. The summed E-state index contributed by atoms with van der Waals surface area (Å²) in [5, 5.41) is 5.97. The molecule has 2 aromatic carbocycles. The van der Waals surface area contributed by atoms with Gasteiger partial charge in [0.25, 0.3) is 5.91 Å². The van der Waals surface area contributed by atoms with Crippen LogP contribution in [0.2, 0.25) is 0 Å². The van der Waals surface area contributed by atoms with Crippen LogP contribution < -0.4 is 5.32 Å². The van der Waals surface area contributed by atoms with Gasteiger partial charge in [0.1, 0.15) is 5.82 Å². The zero-order valence-electron chi connectivity index (χ0n) is 12.7. The van der Waals surface area contributed by atoms with Gasteiger partial charge in [-0.05, 0) is 42.0 Å². The number of nitrogens with zero attached hydrogens (tertiary/aromatic N) is 2. The van der Waals surface area contributed by atoms with Gasteiger partial charge in [0.15, 0.2) is 5.17 Å². The molecule has 2 aromatic rings. The van der Waals surface area contributed by atoms with E-state index in [0.29, 0.717) is 11.3 Å². The van der Waals surface area contributed by atoms with Gasteiger partial charge in [-0.15, -0.1) is 0 Å². The first-order valence-electron chi connectivity index (χ1n) is 7.57. The molecule has 0 aromatic heterocycles. The fourth-order valence-corrected chi connectivity index (χ4v) is 3.64. The third-order valence-corrected chi connectivity index (χ3v) is 4.81. The average molecular weight is 339 g/mol. The number of amides is 1. The topological polar surface area (TPSA) is 44.7 Å². The molecule has 2 aliphatic rings. The summed E-state index contributed by atoms with van der Waals surface area (Å²) in [5.74, 6) is -0.615. The molecule has 0 atom stereocenters. The van der Waals surface area contributed by atoms with Crippen molar-refractivity contribution in [2.75, 3.05) is 18.4 Å². The molecule has 0 spiro atoms. The lowest BCUT2D eigenvalue weighted by atomic mass is 10.1. The standard InChI is InChI=1S/C18H14FN3OS/c19-14-5-1-13(2-6-14)17(23)21-15-7-3-12(4-8-15)16-11-24-18-20-9-10-22(16)18/h1-8,11H,9-10H2,(H,21,23). The van der Waals surface area contributed by atoms with Crippen LogP contribution in [-0.2, 0) is 0 Å². The molecule has 0 saturated carbocycles. The number of nitrogens with one attached hydrogen (secondary N) is 1. The molecule has 4 nitrogen and oxygen atoms in total. The van der Waals surface area contributed by atoms with Crippen molar-refractivity contribution >= 4 is 34.2 Å². The predicted molar refractivity (Wildman–Crippen MR) is 95.4 cm³/mol. The Morgan fingerprint density at radius 2 is 1.88 bits per heavy atom. The lowest BCUT2D eigenvalue weighted by Crippen LogP contribution is -2.19. The number of aliphatic imine (C=N–C) groups is 1. The smallest absolute Gasteiger partial charge is 0.255 e. The molecule has 24 heavy (non-hydrogen) atoms. The second-order valence-electron chi connectivity index (χ2n) is 5.48. The Bertz CT molecular complexity index is 844. The van der Waals surface area contributed by atoms with Crippen LogP contribution in [0.3, 0.4) is 0 Å². The van der Waals surface area contributed by atoms with Crippen molar-refractivity contribution in [2.24, 2.45) is 4.99 Å². The molecule has 0 fully saturated rings. The van der Waals surface area contributed by atoms with E-state index in [1.165, 1.54) is 24.3 Å². The summed E-state index contributed by atoms with van der Waals surface area (Å²) in [6.07, 6.45) is 0. The number of hydrogen-bond donors (Lipinski definition) is 1. The fourth-order valence-electron chi connectivity index (χ4n) is 2.68. The summed E-state index contributed by atoms with van der Waals surface area (Å²) in [6, 6.07) is 13.2. The van der Waals surface area contributed by atoms with E-state index in [-0.39, 0.29) is 11.7 Å². The van der Waals surface area contributed by atoms with Gasteiger partial charge in [0, 0.05) is 23.2 Å². The summed E-state index contributed by atoms with van der Waals surface area (Å²) in [5.41, 5.74) is 3.37. The van der Waals surface area contributed by atoms with Crippen LogP contribution in [-0.4, -0.2) is 29.1 Å². The molecule has 6 heteroatoms. The molecular weight excluding hydrogens is 325 g/mol. The number of benzene rings is 2. The van der Waals surface area contributed by atoms with Crippen LogP contribution in [0.1, 0.15) is 15.9 Å². The Hall–Kier alpha value is -2.60. The minimum atomic E-state index is -0.358. The van der Waals surface area contributed by atoms with Crippen LogP contribution >= 0.6 is 11.8 Å². The van der Waals surface area contributed by atoms with Gasteiger partial charge in [-0.2, -0.15) is 0 Å². The number of thioether (sulfide) groups is 1. The molecule has 1 amide bonds. The van der Waals surface area contributed by atoms with Crippen molar-refractivity contribution in [3.8, 4) is 0 Å². The summed E-state index contributed by atoms with van der Waals surface area (Å²) in [4.78, 5) is 18.8. The van der Waals surface area contributed by atoms with Crippen LogP contribution in [0.5, 0.6) is 0 Å². The van der Waals surface area contributed by atoms with E-state index >= 15 is 0 Å². The first-order valence-corrected chi connectivity index (χ1v) is 8.45. The average Bonchev–Trinajstić information content (AvgIpc) is 3.20. The Morgan fingerprint density at radius 3 is 2.62 bits per heavy atom. The molecule has 2 aliphatic heterocycles. The molecule has 120 valence electrons. The maximum atomic E-state index is 12.9. The minimum Gasteiger partial charge on any atom is -0.322 e. The van der Waals surface area contributed by atoms with Gasteiger partial charge in [-0.25, -0.2) is 4.39 Å². The second-order valence-corrected chi connectivity index (χ2v) is 6.31. The third kappa shape index (κ3) is 2.80. The monoisotopic (exact) mass is 339 g/mol. The number of halogens is 1. The summed E-state index contributed by atoms with van der Waals surface area (Å²) < 4.78 is 12.9. The Balaban J connectivity index is 1.47. The molecule has 0 saturated heterocycles. The van der Waals surface area contributed by atoms with E-state index in [1.807, 2.05) is 24.3 Å². The van der Waals surface area contributed by atoms with Crippen LogP contribution in [0, 0.1) is 5.82 Å². The SMILES string of the molecule is O=C(Nc1ccc(C2=CSC3=NCCN23)cc1)c1ccc(F)cc1. The number of anilines is 1. The van der Waals surface area contributed by atoms with Crippen LogP contribution in [0.4, 0.5) is 10.1 Å². The molecule has 0 radical (unpaired) electrons. The molecular formula is C18H14FN3OS. The highest BCUT2D eigenvalue weighted by molar-refractivity contribution is 8.16.